The highest BCUT2D eigenvalue weighted by Gasteiger charge is 1.99. The van der Waals surface area contributed by atoms with Gasteiger partial charge in [-0.05, 0) is 18.1 Å². The van der Waals surface area contributed by atoms with E-state index < -0.39 is 0 Å². The van der Waals surface area contributed by atoms with Crippen LogP contribution in [0.5, 0.6) is 0 Å². The van der Waals surface area contributed by atoms with Crippen LogP contribution in [0.4, 0.5) is 0 Å². The highest BCUT2D eigenvalue weighted by atomic mass is 127. The predicted molar refractivity (Wildman–Crippen MR) is 106 cm³/mol. The Balaban J connectivity index is 0.00000264. The number of nitrogens with zero attached hydrogens (tertiary/aromatic N) is 3. The maximum atomic E-state index is 4.59. The number of imidazole rings is 1. The van der Waals surface area contributed by atoms with Crippen molar-refractivity contribution in [2.45, 2.75) is 20.0 Å². The van der Waals surface area contributed by atoms with Gasteiger partial charge in [0.15, 0.2) is 5.96 Å². The van der Waals surface area contributed by atoms with Crippen LogP contribution in [0.1, 0.15) is 18.1 Å². The summed E-state index contributed by atoms with van der Waals surface area (Å²) in [4.78, 5) is 8.65. The zero-order valence-electron chi connectivity index (χ0n) is 13.4. The van der Waals surface area contributed by atoms with Gasteiger partial charge in [-0.1, -0.05) is 30.3 Å². The molecular formula is C17H24IN5. The van der Waals surface area contributed by atoms with Crippen LogP contribution in [-0.2, 0) is 13.1 Å². The van der Waals surface area contributed by atoms with Gasteiger partial charge in [0.05, 0.1) is 12.9 Å². The maximum Gasteiger partial charge on any atom is 0.191 e. The van der Waals surface area contributed by atoms with Crippen LogP contribution in [-0.4, -0.2) is 28.6 Å². The van der Waals surface area contributed by atoms with Crippen LogP contribution in [0.25, 0.3) is 0 Å². The molecule has 6 heteroatoms. The highest BCUT2D eigenvalue weighted by molar-refractivity contribution is 14.0. The zero-order valence-corrected chi connectivity index (χ0v) is 15.7. The third-order valence-electron chi connectivity index (χ3n) is 3.09. The molecule has 0 spiro atoms. The molecule has 2 rings (SSSR count). The standard InChI is InChI=1S/C17H23N5.HI/c1-3-8-20-17(19-4-2)21-12-15-6-5-7-16(11-15)13-22-10-9-18-14-22;/h3,5-7,9-11,14H,1,4,8,12-13H2,2H3,(H2,19,20,21);1H. The molecule has 0 radical (unpaired) electrons. The van der Waals surface area contributed by atoms with E-state index >= 15 is 0 Å². The first kappa shape index (κ1) is 19.2. The zero-order chi connectivity index (χ0) is 15.6. The van der Waals surface area contributed by atoms with Gasteiger partial charge >= 0.3 is 0 Å². The third-order valence-corrected chi connectivity index (χ3v) is 3.09. The molecule has 2 N–H and O–H groups in total. The number of aliphatic imine (C=N–C) groups is 1. The minimum absolute atomic E-state index is 0. The molecule has 0 saturated carbocycles. The second-order valence-electron chi connectivity index (χ2n) is 4.92. The summed E-state index contributed by atoms with van der Waals surface area (Å²) in [5.74, 6) is 0.808. The summed E-state index contributed by atoms with van der Waals surface area (Å²) in [5, 5.41) is 6.42. The van der Waals surface area contributed by atoms with Gasteiger partial charge in [0, 0.05) is 32.0 Å². The molecule has 0 aliphatic carbocycles. The molecule has 0 fully saturated rings. The van der Waals surface area contributed by atoms with Crippen molar-refractivity contribution in [3.63, 3.8) is 0 Å². The minimum Gasteiger partial charge on any atom is -0.357 e. The third kappa shape index (κ3) is 6.85. The van der Waals surface area contributed by atoms with Gasteiger partial charge in [-0.2, -0.15) is 0 Å². The molecule has 0 atom stereocenters. The van der Waals surface area contributed by atoms with E-state index in [0.717, 1.165) is 19.0 Å². The van der Waals surface area contributed by atoms with E-state index in [1.165, 1.54) is 11.1 Å². The van der Waals surface area contributed by atoms with E-state index in [4.69, 9.17) is 0 Å². The summed E-state index contributed by atoms with van der Waals surface area (Å²) in [6, 6.07) is 8.47. The fourth-order valence-electron chi connectivity index (χ4n) is 2.10. The number of benzene rings is 1. The Morgan fingerprint density at radius 2 is 2.17 bits per heavy atom. The van der Waals surface area contributed by atoms with Gasteiger partial charge in [0.25, 0.3) is 0 Å². The first-order valence-corrected chi connectivity index (χ1v) is 7.48. The fraction of sp³-hybridized carbons (Fsp3) is 0.294. The Bertz CT molecular complexity index is 607. The van der Waals surface area contributed by atoms with E-state index in [2.05, 4.69) is 62.9 Å². The van der Waals surface area contributed by atoms with Crippen molar-refractivity contribution in [3.05, 3.63) is 66.8 Å². The van der Waals surface area contributed by atoms with Crippen LogP contribution in [0.15, 0.2) is 60.6 Å². The van der Waals surface area contributed by atoms with Gasteiger partial charge in [0.2, 0.25) is 0 Å². The molecule has 5 nitrogen and oxygen atoms in total. The number of nitrogens with one attached hydrogen (secondary N) is 2. The maximum absolute atomic E-state index is 4.59. The van der Waals surface area contributed by atoms with Gasteiger partial charge < -0.3 is 15.2 Å². The average molecular weight is 425 g/mol. The van der Waals surface area contributed by atoms with Gasteiger partial charge in [-0.25, -0.2) is 9.98 Å². The molecule has 23 heavy (non-hydrogen) atoms. The first-order valence-electron chi connectivity index (χ1n) is 7.48. The van der Waals surface area contributed by atoms with E-state index in [0.29, 0.717) is 13.1 Å². The lowest BCUT2D eigenvalue weighted by Gasteiger charge is -2.10. The SMILES string of the molecule is C=CCNC(=NCc1cccc(Cn2ccnc2)c1)NCC.I. The Labute approximate surface area is 154 Å². The molecule has 2 aromatic rings. The van der Waals surface area contributed by atoms with Crippen LogP contribution in [0, 0.1) is 0 Å². The summed E-state index contributed by atoms with van der Waals surface area (Å²) in [6.45, 7) is 8.76. The Kier molecular flexibility index (Phi) is 9.04. The molecule has 1 aromatic carbocycles. The Morgan fingerprint density at radius 3 is 2.87 bits per heavy atom. The van der Waals surface area contributed by atoms with Crippen LogP contribution >= 0.6 is 24.0 Å². The first-order chi connectivity index (χ1) is 10.8. The molecule has 124 valence electrons. The van der Waals surface area contributed by atoms with Crippen molar-refractivity contribution in [3.8, 4) is 0 Å². The molecule has 0 saturated heterocycles. The topological polar surface area (TPSA) is 54.2 Å². The largest absolute Gasteiger partial charge is 0.357 e. The van der Waals surface area contributed by atoms with Crippen molar-refractivity contribution in [1.82, 2.24) is 20.2 Å². The molecular weight excluding hydrogens is 401 g/mol. The Morgan fingerprint density at radius 1 is 1.35 bits per heavy atom. The summed E-state index contributed by atoms with van der Waals surface area (Å²) in [5.41, 5.74) is 2.43. The number of hydrogen-bond donors (Lipinski definition) is 2. The summed E-state index contributed by atoms with van der Waals surface area (Å²) >= 11 is 0. The number of aromatic nitrogens is 2. The molecule has 0 unspecified atom stereocenters. The number of hydrogen-bond acceptors (Lipinski definition) is 2. The van der Waals surface area contributed by atoms with Crippen LogP contribution in [0.2, 0.25) is 0 Å². The van der Waals surface area contributed by atoms with E-state index in [1.54, 1.807) is 6.20 Å². The van der Waals surface area contributed by atoms with Crippen molar-refractivity contribution in [2.24, 2.45) is 4.99 Å². The molecule has 0 amide bonds. The lowest BCUT2D eigenvalue weighted by Crippen LogP contribution is -2.37. The predicted octanol–water partition coefficient (Wildman–Crippen LogP) is 2.79. The Hall–Kier alpha value is -1.83. The second-order valence-corrected chi connectivity index (χ2v) is 4.92. The van der Waals surface area contributed by atoms with Crippen molar-refractivity contribution >= 4 is 29.9 Å². The summed E-state index contributed by atoms with van der Waals surface area (Å²) in [6.07, 6.45) is 7.40. The molecule has 0 bridgehead atoms. The minimum atomic E-state index is 0. The smallest absolute Gasteiger partial charge is 0.191 e. The fourth-order valence-corrected chi connectivity index (χ4v) is 2.10. The van der Waals surface area contributed by atoms with Gasteiger partial charge in [0.1, 0.15) is 0 Å². The average Bonchev–Trinajstić information content (AvgIpc) is 3.03. The number of halogens is 1. The van der Waals surface area contributed by atoms with Crippen molar-refractivity contribution < 1.29 is 0 Å². The lowest BCUT2D eigenvalue weighted by molar-refractivity contribution is 0.795. The van der Waals surface area contributed by atoms with Crippen LogP contribution in [0.3, 0.4) is 0 Å². The molecule has 0 aliphatic rings. The monoisotopic (exact) mass is 425 g/mol. The second kappa shape index (κ2) is 10.8. The quantitative estimate of drug-likeness (QED) is 0.311. The van der Waals surface area contributed by atoms with Crippen LogP contribution < -0.4 is 10.6 Å². The van der Waals surface area contributed by atoms with Gasteiger partial charge in [-0.3, -0.25) is 0 Å². The molecule has 1 aromatic heterocycles. The normalized spacial score (nSPS) is 10.7. The van der Waals surface area contributed by atoms with E-state index in [9.17, 15) is 0 Å². The summed E-state index contributed by atoms with van der Waals surface area (Å²) in [7, 11) is 0. The highest BCUT2D eigenvalue weighted by Crippen LogP contribution is 2.08. The summed E-state index contributed by atoms with van der Waals surface area (Å²) < 4.78 is 2.05. The van der Waals surface area contributed by atoms with Crippen molar-refractivity contribution in [2.75, 3.05) is 13.1 Å². The van der Waals surface area contributed by atoms with E-state index in [-0.39, 0.29) is 24.0 Å². The lowest BCUT2D eigenvalue weighted by atomic mass is 10.1. The number of rotatable bonds is 7. The molecule has 0 aliphatic heterocycles. The van der Waals surface area contributed by atoms with E-state index in [1.807, 2.05) is 18.6 Å². The van der Waals surface area contributed by atoms with Gasteiger partial charge in [-0.15, -0.1) is 30.6 Å². The van der Waals surface area contributed by atoms with Crippen molar-refractivity contribution in [1.29, 1.82) is 0 Å². The molecule has 1 heterocycles. The number of guanidine groups is 1.